The average molecular weight is 343 g/mol. The fourth-order valence-corrected chi connectivity index (χ4v) is 2.91. The van der Waals surface area contributed by atoms with Crippen LogP contribution in [0.3, 0.4) is 0 Å². The zero-order chi connectivity index (χ0) is 17.1. The lowest BCUT2D eigenvalue weighted by Gasteiger charge is -2.07. The Hall–Kier alpha value is -2.33. The van der Waals surface area contributed by atoms with Gasteiger partial charge in [-0.25, -0.2) is 0 Å². The molecule has 3 rings (SSSR count). The SMILES string of the molecule is CC(=O)NCc1ccc(C(=O)N[C@H]2C[C@@H]2c2cccc(Cl)c2)cc1. The van der Waals surface area contributed by atoms with Crippen molar-refractivity contribution < 1.29 is 9.59 Å². The minimum absolute atomic E-state index is 0.0717. The topological polar surface area (TPSA) is 58.2 Å². The molecule has 0 radical (unpaired) electrons. The molecule has 124 valence electrons. The predicted octanol–water partition coefficient (Wildman–Crippen LogP) is 3.26. The first-order chi connectivity index (χ1) is 11.5. The van der Waals surface area contributed by atoms with Crippen LogP contribution < -0.4 is 10.6 Å². The molecule has 2 aromatic carbocycles. The van der Waals surface area contributed by atoms with Crippen molar-refractivity contribution in [3.8, 4) is 0 Å². The maximum absolute atomic E-state index is 12.3. The van der Waals surface area contributed by atoms with Crippen molar-refractivity contribution in [1.82, 2.24) is 10.6 Å². The van der Waals surface area contributed by atoms with Gasteiger partial charge in [-0.1, -0.05) is 35.9 Å². The van der Waals surface area contributed by atoms with Gasteiger partial charge in [-0.2, -0.15) is 0 Å². The minimum Gasteiger partial charge on any atom is -0.352 e. The summed E-state index contributed by atoms with van der Waals surface area (Å²) < 4.78 is 0. The van der Waals surface area contributed by atoms with Gasteiger partial charge < -0.3 is 10.6 Å². The molecule has 0 spiro atoms. The highest BCUT2D eigenvalue weighted by Gasteiger charge is 2.39. The Morgan fingerprint density at radius 2 is 1.92 bits per heavy atom. The summed E-state index contributed by atoms with van der Waals surface area (Å²) in [6, 6.07) is 15.2. The summed E-state index contributed by atoms with van der Waals surface area (Å²) in [6.45, 7) is 1.95. The third-order valence-electron chi connectivity index (χ3n) is 4.14. The third-order valence-corrected chi connectivity index (χ3v) is 4.38. The van der Waals surface area contributed by atoms with E-state index < -0.39 is 0 Å². The Labute approximate surface area is 146 Å². The first kappa shape index (κ1) is 16.5. The Morgan fingerprint density at radius 3 is 2.58 bits per heavy atom. The van der Waals surface area contributed by atoms with E-state index in [1.165, 1.54) is 12.5 Å². The number of hydrogen-bond donors (Lipinski definition) is 2. The van der Waals surface area contributed by atoms with Gasteiger partial charge in [0.15, 0.2) is 0 Å². The Kier molecular flexibility index (Phi) is 4.86. The number of carbonyl (C=O) groups excluding carboxylic acids is 2. The van der Waals surface area contributed by atoms with Crippen LogP contribution in [0.2, 0.25) is 5.02 Å². The first-order valence-corrected chi connectivity index (χ1v) is 8.30. The summed E-state index contributed by atoms with van der Waals surface area (Å²) in [7, 11) is 0. The van der Waals surface area contributed by atoms with Gasteiger partial charge in [0.25, 0.3) is 5.91 Å². The van der Waals surface area contributed by atoms with E-state index >= 15 is 0 Å². The van der Waals surface area contributed by atoms with Crippen molar-refractivity contribution in [3.63, 3.8) is 0 Å². The molecule has 0 aromatic heterocycles. The van der Waals surface area contributed by atoms with Crippen LogP contribution in [0.4, 0.5) is 0 Å². The van der Waals surface area contributed by atoms with E-state index in [0.29, 0.717) is 18.0 Å². The predicted molar refractivity (Wildman–Crippen MR) is 94.0 cm³/mol. The second-order valence-corrected chi connectivity index (χ2v) is 6.52. The summed E-state index contributed by atoms with van der Waals surface area (Å²) in [5.41, 5.74) is 2.75. The molecule has 24 heavy (non-hydrogen) atoms. The van der Waals surface area contributed by atoms with E-state index in [1.807, 2.05) is 36.4 Å². The van der Waals surface area contributed by atoms with Crippen LogP contribution >= 0.6 is 11.6 Å². The molecule has 4 nitrogen and oxygen atoms in total. The Balaban J connectivity index is 1.55. The summed E-state index contributed by atoms with van der Waals surface area (Å²) in [6.07, 6.45) is 0.937. The lowest BCUT2D eigenvalue weighted by molar-refractivity contribution is -0.119. The maximum Gasteiger partial charge on any atom is 0.251 e. The standard InChI is InChI=1S/C19H19ClN2O2/c1-12(23)21-11-13-5-7-14(8-6-13)19(24)22-18-10-17(18)15-3-2-4-16(20)9-15/h2-9,17-18H,10-11H2,1H3,(H,21,23)(H,22,24)/t17-,18+/m1/s1. The Morgan fingerprint density at radius 1 is 1.17 bits per heavy atom. The molecule has 0 aliphatic heterocycles. The van der Waals surface area contributed by atoms with Crippen LogP contribution in [0.5, 0.6) is 0 Å². The van der Waals surface area contributed by atoms with Crippen LogP contribution in [0, 0.1) is 0 Å². The van der Waals surface area contributed by atoms with E-state index in [4.69, 9.17) is 11.6 Å². The molecule has 2 atom stereocenters. The highest BCUT2D eigenvalue weighted by Crippen LogP contribution is 2.41. The fraction of sp³-hybridized carbons (Fsp3) is 0.263. The van der Waals surface area contributed by atoms with Crippen LogP contribution in [0.25, 0.3) is 0 Å². The molecule has 1 fully saturated rings. The smallest absolute Gasteiger partial charge is 0.251 e. The van der Waals surface area contributed by atoms with E-state index in [2.05, 4.69) is 10.6 Å². The lowest BCUT2D eigenvalue weighted by atomic mass is 10.1. The van der Waals surface area contributed by atoms with Gasteiger partial charge in [0.05, 0.1) is 0 Å². The summed E-state index contributed by atoms with van der Waals surface area (Å²) in [4.78, 5) is 23.2. The largest absolute Gasteiger partial charge is 0.352 e. The zero-order valence-corrected chi connectivity index (χ0v) is 14.1. The molecule has 1 aliphatic carbocycles. The molecule has 0 bridgehead atoms. The maximum atomic E-state index is 12.3. The molecule has 2 N–H and O–H groups in total. The highest BCUT2D eigenvalue weighted by atomic mass is 35.5. The number of hydrogen-bond acceptors (Lipinski definition) is 2. The number of halogens is 1. The number of rotatable bonds is 5. The van der Waals surface area contributed by atoms with Gasteiger partial charge in [-0.3, -0.25) is 9.59 Å². The second-order valence-electron chi connectivity index (χ2n) is 6.08. The van der Waals surface area contributed by atoms with E-state index in [0.717, 1.165) is 17.0 Å². The van der Waals surface area contributed by atoms with Gasteiger partial charge in [0.1, 0.15) is 0 Å². The molecule has 0 heterocycles. The molecule has 0 saturated heterocycles. The van der Waals surface area contributed by atoms with Gasteiger partial charge in [0.2, 0.25) is 5.91 Å². The van der Waals surface area contributed by atoms with Crippen LogP contribution in [0.15, 0.2) is 48.5 Å². The molecule has 0 unspecified atom stereocenters. The summed E-state index contributed by atoms with van der Waals surface area (Å²) >= 11 is 6.01. The van der Waals surface area contributed by atoms with E-state index in [-0.39, 0.29) is 17.9 Å². The first-order valence-electron chi connectivity index (χ1n) is 7.92. The van der Waals surface area contributed by atoms with Crippen LogP contribution in [-0.2, 0) is 11.3 Å². The summed E-state index contributed by atoms with van der Waals surface area (Å²) in [5, 5.41) is 6.51. The van der Waals surface area contributed by atoms with Crippen molar-refractivity contribution in [2.75, 3.05) is 0 Å². The lowest BCUT2D eigenvalue weighted by Crippen LogP contribution is -2.26. The minimum atomic E-state index is -0.0735. The number of carbonyl (C=O) groups is 2. The molecule has 1 saturated carbocycles. The van der Waals surface area contributed by atoms with Crippen molar-refractivity contribution in [1.29, 1.82) is 0 Å². The quantitative estimate of drug-likeness (QED) is 0.876. The monoisotopic (exact) mass is 342 g/mol. The third kappa shape index (κ3) is 4.15. The van der Waals surface area contributed by atoms with Gasteiger partial charge in [-0.05, 0) is 41.8 Å². The summed E-state index contributed by atoms with van der Waals surface area (Å²) in [5.74, 6) is 0.194. The normalized spacial score (nSPS) is 18.8. The molecule has 1 aliphatic rings. The number of amides is 2. The van der Waals surface area contributed by atoms with Gasteiger partial charge in [0, 0.05) is 36.0 Å². The average Bonchev–Trinajstić information content (AvgIpc) is 3.32. The van der Waals surface area contributed by atoms with Gasteiger partial charge in [-0.15, -0.1) is 0 Å². The molecular formula is C19H19ClN2O2. The van der Waals surface area contributed by atoms with Crippen LogP contribution in [-0.4, -0.2) is 17.9 Å². The molecular weight excluding hydrogens is 324 g/mol. The zero-order valence-electron chi connectivity index (χ0n) is 13.4. The van der Waals surface area contributed by atoms with Crippen molar-refractivity contribution in [2.45, 2.75) is 31.8 Å². The fourth-order valence-electron chi connectivity index (χ4n) is 2.71. The number of benzene rings is 2. The van der Waals surface area contributed by atoms with Crippen molar-refractivity contribution in [2.24, 2.45) is 0 Å². The molecule has 2 aromatic rings. The van der Waals surface area contributed by atoms with Crippen molar-refractivity contribution >= 4 is 23.4 Å². The second kappa shape index (κ2) is 7.05. The van der Waals surface area contributed by atoms with Crippen LogP contribution in [0.1, 0.15) is 40.7 Å². The molecule has 5 heteroatoms. The van der Waals surface area contributed by atoms with Crippen molar-refractivity contribution in [3.05, 3.63) is 70.2 Å². The Bertz CT molecular complexity index is 758. The van der Waals surface area contributed by atoms with E-state index in [1.54, 1.807) is 12.1 Å². The highest BCUT2D eigenvalue weighted by molar-refractivity contribution is 6.30. The molecule has 2 amide bonds. The number of nitrogens with one attached hydrogen (secondary N) is 2. The van der Waals surface area contributed by atoms with E-state index in [9.17, 15) is 9.59 Å². The van der Waals surface area contributed by atoms with Gasteiger partial charge >= 0.3 is 0 Å².